The van der Waals surface area contributed by atoms with Crippen molar-refractivity contribution in [1.82, 2.24) is 0 Å². The van der Waals surface area contributed by atoms with E-state index in [1.54, 1.807) is 0 Å². The molecule has 0 bridgehead atoms. The summed E-state index contributed by atoms with van der Waals surface area (Å²) in [7, 11) is 0. The molecule has 0 spiro atoms. The van der Waals surface area contributed by atoms with E-state index in [0.717, 1.165) is 6.42 Å². The van der Waals surface area contributed by atoms with Crippen molar-refractivity contribution in [3.8, 4) is 0 Å². The van der Waals surface area contributed by atoms with Gasteiger partial charge in [-0.25, -0.2) is 0 Å². The number of allylic oxidation sites excluding steroid dienone is 1. The van der Waals surface area contributed by atoms with E-state index < -0.39 is 0 Å². The molecule has 3 heteroatoms. The molecular formula is C5H8AgOS. The SMILES string of the molecule is CCC=CC(O)=S.[Ag]. The van der Waals surface area contributed by atoms with Gasteiger partial charge in [0.15, 0.2) is 5.05 Å². The van der Waals surface area contributed by atoms with Gasteiger partial charge in [0.25, 0.3) is 0 Å². The van der Waals surface area contributed by atoms with Crippen LogP contribution in [0.1, 0.15) is 13.3 Å². The van der Waals surface area contributed by atoms with Gasteiger partial charge < -0.3 is 5.11 Å². The Hall–Kier alpha value is 0.370. The summed E-state index contributed by atoms with van der Waals surface area (Å²) in [6, 6.07) is 0. The number of hydrogen-bond acceptors (Lipinski definition) is 1. The maximum atomic E-state index is 8.33. The second-order valence-corrected chi connectivity index (χ2v) is 1.57. The molecule has 0 unspecified atom stereocenters. The third-order valence-electron chi connectivity index (χ3n) is 0.496. The molecule has 0 aromatic heterocycles. The van der Waals surface area contributed by atoms with Crippen LogP contribution in [0.3, 0.4) is 0 Å². The second kappa shape index (κ2) is 7.37. The fourth-order valence-electron chi connectivity index (χ4n) is 0.219. The summed E-state index contributed by atoms with van der Waals surface area (Å²) < 4.78 is 0. The molecule has 0 atom stereocenters. The van der Waals surface area contributed by atoms with Gasteiger partial charge in [0.2, 0.25) is 0 Å². The minimum Gasteiger partial charge on any atom is -0.499 e. The molecule has 0 fully saturated rings. The molecule has 0 saturated carbocycles. The van der Waals surface area contributed by atoms with Crippen LogP contribution in [0.25, 0.3) is 0 Å². The van der Waals surface area contributed by atoms with Crippen molar-refractivity contribution >= 4 is 17.3 Å². The average Bonchev–Trinajstić information content (AvgIpc) is 1.61. The molecule has 0 rings (SSSR count). The van der Waals surface area contributed by atoms with E-state index in [1.165, 1.54) is 6.08 Å². The average molecular weight is 224 g/mol. The Morgan fingerprint density at radius 1 is 1.75 bits per heavy atom. The largest absolute Gasteiger partial charge is 0.499 e. The third-order valence-corrected chi connectivity index (χ3v) is 0.632. The number of aliphatic hydroxyl groups is 1. The van der Waals surface area contributed by atoms with E-state index in [4.69, 9.17) is 5.11 Å². The summed E-state index contributed by atoms with van der Waals surface area (Å²) in [5, 5.41) is 8.29. The van der Waals surface area contributed by atoms with E-state index in [2.05, 4.69) is 12.2 Å². The van der Waals surface area contributed by atoms with Gasteiger partial charge in [-0.2, -0.15) is 0 Å². The minimum atomic E-state index is -0.0400. The number of aliphatic hydroxyl groups excluding tert-OH is 1. The minimum absolute atomic E-state index is 0. The molecule has 0 amide bonds. The van der Waals surface area contributed by atoms with Crippen LogP contribution in [0.5, 0.6) is 0 Å². The maximum Gasteiger partial charge on any atom is 0.180 e. The van der Waals surface area contributed by atoms with E-state index in [1.807, 2.05) is 13.0 Å². The molecule has 0 aliphatic rings. The zero-order valence-corrected chi connectivity index (χ0v) is 6.82. The summed E-state index contributed by atoms with van der Waals surface area (Å²) >= 11 is 4.33. The number of thiocarbonyl (C=S) groups is 1. The molecular weight excluding hydrogens is 216 g/mol. The molecule has 0 saturated heterocycles. The van der Waals surface area contributed by atoms with Crippen molar-refractivity contribution in [3.05, 3.63) is 12.2 Å². The first-order valence-corrected chi connectivity index (χ1v) is 2.57. The van der Waals surface area contributed by atoms with E-state index in [9.17, 15) is 0 Å². The maximum absolute atomic E-state index is 8.33. The Balaban J connectivity index is 0. The molecule has 51 valence electrons. The van der Waals surface area contributed by atoms with Crippen LogP contribution in [0.2, 0.25) is 0 Å². The van der Waals surface area contributed by atoms with Gasteiger partial charge in [0, 0.05) is 22.4 Å². The first kappa shape index (κ1) is 11.2. The smallest absolute Gasteiger partial charge is 0.180 e. The molecule has 0 aliphatic heterocycles. The summed E-state index contributed by atoms with van der Waals surface area (Å²) in [6.45, 7) is 1.98. The van der Waals surface area contributed by atoms with Gasteiger partial charge in [0.1, 0.15) is 0 Å². The quantitative estimate of drug-likeness (QED) is 0.438. The summed E-state index contributed by atoms with van der Waals surface area (Å²) in [6.07, 6.45) is 4.23. The van der Waals surface area contributed by atoms with Crippen molar-refractivity contribution in [2.24, 2.45) is 0 Å². The molecule has 0 heterocycles. The molecule has 0 aromatic rings. The molecule has 0 aromatic carbocycles. The normalized spacial score (nSPS) is 8.62. The monoisotopic (exact) mass is 223 g/mol. The molecule has 1 nitrogen and oxygen atoms in total. The second-order valence-electron chi connectivity index (χ2n) is 1.15. The van der Waals surface area contributed by atoms with E-state index in [0.29, 0.717) is 0 Å². The van der Waals surface area contributed by atoms with Crippen LogP contribution < -0.4 is 0 Å². The summed E-state index contributed by atoms with van der Waals surface area (Å²) in [5.41, 5.74) is 0. The first-order chi connectivity index (χ1) is 3.27. The standard InChI is InChI=1S/C5H8OS.Ag/c1-2-3-4-5(6)7;/h3-4H,2H2,1H3,(H,6,7);. The fourth-order valence-corrected chi connectivity index (χ4v) is 0.315. The van der Waals surface area contributed by atoms with E-state index >= 15 is 0 Å². The summed E-state index contributed by atoms with van der Waals surface area (Å²) in [4.78, 5) is 0. The zero-order chi connectivity index (χ0) is 5.70. The third kappa shape index (κ3) is 9.62. The molecule has 1 radical (unpaired) electrons. The van der Waals surface area contributed by atoms with Gasteiger partial charge in [-0.15, -0.1) is 0 Å². The van der Waals surface area contributed by atoms with Crippen molar-refractivity contribution in [2.45, 2.75) is 13.3 Å². The molecule has 0 aliphatic carbocycles. The fraction of sp³-hybridized carbons (Fsp3) is 0.400. The topological polar surface area (TPSA) is 20.2 Å². The van der Waals surface area contributed by atoms with Gasteiger partial charge in [-0.05, 0) is 24.7 Å². The summed E-state index contributed by atoms with van der Waals surface area (Å²) in [5.74, 6) is 0. The van der Waals surface area contributed by atoms with Crippen molar-refractivity contribution in [3.63, 3.8) is 0 Å². The Morgan fingerprint density at radius 2 is 2.25 bits per heavy atom. The zero-order valence-electron chi connectivity index (χ0n) is 4.52. The van der Waals surface area contributed by atoms with Crippen LogP contribution in [0, 0.1) is 0 Å². The van der Waals surface area contributed by atoms with Crippen LogP contribution in [-0.4, -0.2) is 10.2 Å². The van der Waals surface area contributed by atoms with Crippen molar-refractivity contribution < 1.29 is 27.5 Å². The van der Waals surface area contributed by atoms with Crippen LogP contribution in [0.4, 0.5) is 0 Å². The molecule has 1 N–H and O–H groups in total. The Bertz CT molecular complexity index is 90.4. The van der Waals surface area contributed by atoms with Gasteiger partial charge in [-0.1, -0.05) is 13.0 Å². The predicted molar refractivity (Wildman–Crippen MR) is 34.7 cm³/mol. The van der Waals surface area contributed by atoms with Crippen LogP contribution >= 0.6 is 12.2 Å². The Labute approximate surface area is 70.3 Å². The van der Waals surface area contributed by atoms with Gasteiger partial charge in [0.05, 0.1) is 0 Å². The van der Waals surface area contributed by atoms with Gasteiger partial charge in [-0.3, -0.25) is 0 Å². The van der Waals surface area contributed by atoms with Crippen molar-refractivity contribution in [2.75, 3.05) is 0 Å². The molecule has 8 heavy (non-hydrogen) atoms. The van der Waals surface area contributed by atoms with E-state index in [-0.39, 0.29) is 27.4 Å². The Kier molecular flexibility index (Phi) is 10.3. The predicted octanol–water partition coefficient (Wildman–Crippen LogP) is 1.84. The number of hydrogen-bond donors (Lipinski definition) is 1. The first-order valence-electron chi connectivity index (χ1n) is 2.17. The van der Waals surface area contributed by atoms with Crippen molar-refractivity contribution in [1.29, 1.82) is 0 Å². The van der Waals surface area contributed by atoms with Gasteiger partial charge >= 0.3 is 0 Å². The van der Waals surface area contributed by atoms with Crippen LogP contribution in [0.15, 0.2) is 12.2 Å². The Morgan fingerprint density at radius 3 is 2.38 bits per heavy atom. The van der Waals surface area contributed by atoms with Crippen LogP contribution in [-0.2, 0) is 22.4 Å². The number of rotatable bonds is 2.